The second-order valence-electron chi connectivity index (χ2n) is 7.57. The van der Waals surface area contributed by atoms with Gasteiger partial charge in [0, 0.05) is 24.2 Å². The van der Waals surface area contributed by atoms with Crippen molar-refractivity contribution in [2.24, 2.45) is 5.92 Å². The van der Waals surface area contributed by atoms with E-state index in [9.17, 15) is 14.0 Å². The summed E-state index contributed by atoms with van der Waals surface area (Å²) in [5.41, 5.74) is 0.696. The maximum absolute atomic E-state index is 13.0. The van der Waals surface area contributed by atoms with Gasteiger partial charge < -0.3 is 10.2 Å². The number of piperidine rings is 1. The summed E-state index contributed by atoms with van der Waals surface area (Å²) < 4.78 is 14.4. The lowest BCUT2D eigenvalue weighted by molar-refractivity contribution is -0.116. The van der Waals surface area contributed by atoms with Crippen LogP contribution in [0.5, 0.6) is 0 Å². The van der Waals surface area contributed by atoms with Crippen LogP contribution in [0.3, 0.4) is 0 Å². The minimum atomic E-state index is -0.453. The molecule has 0 aliphatic carbocycles. The van der Waals surface area contributed by atoms with Crippen LogP contribution in [0.2, 0.25) is 0 Å². The lowest BCUT2D eigenvalue weighted by Crippen LogP contribution is -2.38. The largest absolute Gasteiger partial charge is 0.356 e. The van der Waals surface area contributed by atoms with Crippen molar-refractivity contribution in [3.05, 3.63) is 64.8 Å². The number of carbonyl (C=O) groups excluding carboxylic acids is 1. The van der Waals surface area contributed by atoms with E-state index in [2.05, 4.69) is 22.1 Å². The lowest BCUT2D eigenvalue weighted by atomic mass is 10.00. The molecule has 29 heavy (non-hydrogen) atoms. The fourth-order valence-corrected chi connectivity index (χ4v) is 3.87. The Labute approximate surface area is 168 Å². The number of carbonyl (C=O) groups is 1. The molecule has 1 amide bonds. The minimum Gasteiger partial charge on any atom is -0.356 e. The normalized spacial score (nSPS) is 16.8. The summed E-state index contributed by atoms with van der Waals surface area (Å²) in [4.78, 5) is 31.8. The molecule has 1 fully saturated rings. The molecule has 1 N–H and O–H groups in total. The molecule has 0 unspecified atom stereocenters. The zero-order chi connectivity index (χ0) is 20.4. The molecule has 2 aromatic carbocycles. The predicted octanol–water partition coefficient (Wildman–Crippen LogP) is 3.41. The number of rotatable bonds is 4. The molecular weight excluding hydrogens is 371 g/mol. The van der Waals surface area contributed by atoms with Crippen molar-refractivity contribution in [1.29, 1.82) is 0 Å². The van der Waals surface area contributed by atoms with E-state index >= 15 is 0 Å². The van der Waals surface area contributed by atoms with Gasteiger partial charge in [0.2, 0.25) is 5.91 Å². The number of nitrogens with zero attached hydrogens (tertiary/aromatic N) is 3. The molecule has 0 saturated carbocycles. The first kappa shape index (κ1) is 19.1. The monoisotopic (exact) mass is 394 g/mol. The van der Waals surface area contributed by atoms with E-state index in [0.29, 0.717) is 22.9 Å². The number of hydrogen-bond acceptors (Lipinski definition) is 4. The number of fused-ring (bicyclic) bond motifs is 1. The molecule has 150 valence electrons. The van der Waals surface area contributed by atoms with Crippen molar-refractivity contribution in [2.75, 3.05) is 23.3 Å². The van der Waals surface area contributed by atoms with Crippen LogP contribution in [0.1, 0.15) is 19.8 Å². The van der Waals surface area contributed by atoms with Gasteiger partial charge in [0.15, 0.2) is 0 Å². The Balaban J connectivity index is 1.65. The van der Waals surface area contributed by atoms with Crippen LogP contribution in [0.4, 0.5) is 15.9 Å². The van der Waals surface area contributed by atoms with Crippen molar-refractivity contribution < 1.29 is 9.18 Å². The van der Waals surface area contributed by atoms with Crippen molar-refractivity contribution in [3.8, 4) is 0 Å². The maximum atomic E-state index is 13.0. The zero-order valence-electron chi connectivity index (χ0n) is 16.3. The zero-order valence-corrected chi connectivity index (χ0v) is 16.3. The third kappa shape index (κ3) is 4.13. The second kappa shape index (κ2) is 8.03. The third-order valence-electron chi connectivity index (χ3n) is 5.25. The average molecular weight is 394 g/mol. The molecule has 2 heterocycles. The van der Waals surface area contributed by atoms with E-state index in [0.717, 1.165) is 24.9 Å². The summed E-state index contributed by atoms with van der Waals surface area (Å²) in [6, 6.07) is 13.0. The molecule has 1 atom stereocenters. The fourth-order valence-electron chi connectivity index (χ4n) is 3.87. The van der Waals surface area contributed by atoms with Gasteiger partial charge in [-0.3, -0.25) is 9.36 Å². The highest BCUT2D eigenvalue weighted by molar-refractivity contribution is 5.93. The van der Waals surface area contributed by atoms with Gasteiger partial charge >= 0.3 is 5.69 Å². The van der Waals surface area contributed by atoms with E-state index in [4.69, 9.17) is 0 Å². The summed E-state index contributed by atoms with van der Waals surface area (Å²) in [7, 11) is 0. The summed E-state index contributed by atoms with van der Waals surface area (Å²) in [5, 5.41) is 3.55. The molecule has 7 heteroatoms. The van der Waals surface area contributed by atoms with Crippen LogP contribution < -0.4 is 15.9 Å². The van der Waals surface area contributed by atoms with Crippen molar-refractivity contribution in [2.45, 2.75) is 26.3 Å². The van der Waals surface area contributed by atoms with Crippen molar-refractivity contribution >= 4 is 28.3 Å². The highest BCUT2D eigenvalue weighted by Gasteiger charge is 2.21. The van der Waals surface area contributed by atoms with Gasteiger partial charge in [0.1, 0.15) is 18.2 Å². The Morgan fingerprint density at radius 2 is 1.97 bits per heavy atom. The quantitative estimate of drug-likeness (QED) is 0.736. The standard InChI is InChI=1S/C22H23FN4O2/c1-15-5-4-12-26(13-15)21-18-6-2-3-7-19(18)27(22(29)25-21)14-20(28)24-17-10-8-16(23)9-11-17/h2-3,6-11,15H,4-5,12-14H2,1H3,(H,24,28)/t15-/m1/s1. The fraction of sp³-hybridized carbons (Fsp3) is 0.318. The molecule has 1 aromatic heterocycles. The van der Waals surface area contributed by atoms with Crippen molar-refractivity contribution in [1.82, 2.24) is 9.55 Å². The predicted molar refractivity (Wildman–Crippen MR) is 112 cm³/mol. The van der Waals surface area contributed by atoms with Crippen molar-refractivity contribution in [3.63, 3.8) is 0 Å². The Kier molecular flexibility index (Phi) is 5.29. The molecule has 1 aliphatic rings. The molecule has 4 rings (SSSR count). The SMILES string of the molecule is C[C@@H]1CCCN(c2nc(=O)n(CC(=O)Nc3ccc(F)cc3)c3ccccc23)C1. The number of benzene rings is 2. The number of hydrogen-bond donors (Lipinski definition) is 1. The molecule has 3 aromatic rings. The highest BCUT2D eigenvalue weighted by Crippen LogP contribution is 2.27. The van der Waals surface area contributed by atoms with Crippen LogP contribution in [-0.4, -0.2) is 28.5 Å². The van der Waals surface area contributed by atoms with Crippen LogP contribution in [0, 0.1) is 11.7 Å². The third-order valence-corrected chi connectivity index (χ3v) is 5.25. The Morgan fingerprint density at radius 1 is 1.21 bits per heavy atom. The summed E-state index contributed by atoms with van der Waals surface area (Å²) >= 11 is 0. The number of nitrogens with one attached hydrogen (secondary N) is 1. The van der Waals surface area contributed by atoms with Gasteiger partial charge in [-0.25, -0.2) is 9.18 Å². The smallest absolute Gasteiger partial charge is 0.350 e. The maximum Gasteiger partial charge on any atom is 0.350 e. The Morgan fingerprint density at radius 3 is 2.72 bits per heavy atom. The Bertz CT molecular complexity index is 1090. The van der Waals surface area contributed by atoms with E-state index in [-0.39, 0.29) is 18.3 Å². The van der Waals surface area contributed by atoms with Crippen LogP contribution >= 0.6 is 0 Å². The molecule has 6 nitrogen and oxygen atoms in total. The number of anilines is 2. The number of halogens is 1. The van der Waals surface area contributed by atoms with Gasteiger partial charge in [-0.1, -0.05) is 19.1 Å². The van der Waals surface area contributed by atoms with Gasteiger partial charge in [-0.15, -0.1) is 0 Å². The van der Waals surface area contributed by atoms with Crippen LogP contribution in [-0.2, 0) is 11.3 Å². The number of aromatic nitrogens is 2. The molecular formula is C22H23FN4O2. The lowest BCUT2D eigenvalue weighted by Gasteiger charge is -2.32. The van der Waals surface area contributed by atoms with Gasteiger partial charge in [-0.2, -0.15) is 4.98 Å². The summed E-state index contributed by atoms with van der Waals surface area (Å²) in [6.07, 6.45) is 2.25. The first-order valence-electron chi connectivity index (χ1n) is 9.81. The van der Waals surface area contributed by atoms with Crippen LogP contribution in [0.25, 0.3) is 10.9 Å². The Hall–Kier alpha value is -3.22. The van der Waals surface area contributed by atoms with E-state index < -0.39 is 5.69 Å². The average Bonchev–Trinajstić information content (AvgIpc) is 2.71. The molecule has 1 saturated heterocycles. The van der Waals surface area contributed by atoms with Gasteiger partial charge in [0.05, 0.1) is 5.52 Å². The first-order chi connectivity index (χ1) is 14.0. The van der Waals surface area contributed by atoms with Gasteiger partial charge in [-0.05, 0) is 55.2 Å². The number of amides is 1. The molecule has 0 spiro atoms. The summed E-state index contributed by atoms with van der Waals surface area (Å²) in [5.74, 6) is 0.489. The van der Waals surface area contributed by atoms with E-state index in [1.54, 1.807) is 0 Å². The molecule has 0 bridgehead atoms. The van der Waals surface area contributed by atoms with E-state index in [1.807, 2.05) is 24.3 Å². The van der Waals surface area contributed by atoms with Gasteiger partial charge in [0.25, 0.3) is 0 Å². The van der Waals surface area contributed by atoms with Crippen LogP contribution in [0.15, 0.2) is 53.3 Å². The number of para-hydroxylation sites is 1. The molecule has 0 radical (unpaired) electrons. The highest BCUT2D eigenvalue weighted by atomic mass is 19.1. The summed E-state index contributed by atoms with van der Waals surface area (Å²) in [6.45, 7) is 3.77. The second-order valence-corrected chi connectivity index (χ2v) is 7.57. The molecule has 1 aliphatic heterocycles. The minimum absolute atomic E-state index is 0.166. The topological polar surface area (TPSA) is 67.2 Å². The first-order valence-corrected chi connectivity index (χ1v) is 9.81. The van der Waals surface area contributed by atoms with E-state index in [1.165, 1.54) is 35.3 Å².